The summed E-state index contributed by atoms with van der Waals surface area (Å²) >= 11 is 0. The minimum absolute atomic E-state index is 0.233. The second kappa shape index (κ2) is 4.10. The zero-order chi connectivity index (χ0) is 13.8. The number of aryl methyl sites for hydroxylation is 1. The van der Waals surface area contributed by atoms with Crippen molar-refractivity contribution < 1.29 is 9.31 Å². The van der Waals surface area contributed by atoms with Gasteiger partial charge in [-0.2, -0.15) is 0 Å². The van der Waals surface area contributed by atoms with Gasteiger partial charge in [0.05, 0.1) is 11.2 Å². The summed E-state index contributed by atoms with van der Waals surface area (Å²) in [5, 5.41) is 0. The van der Waals surface area contributed by atoms with E-state index >= 15 is 0 Å². The molecule has 102 valence electrons. The van der Waals surface area contributed by atoms with Gasteiger partial charge in [-0.1, -0.05) is 18.2 Å². The van der Waals surface area contributed by atoms with Gasteiger partial charge in [0.15, 0.2) is 0 Å². The van der Waals surface area contributed by atoms with Crippen LogP contribution in [0, 0.1) is 6.92 Å². The summed E-state index contributed by atoms with van der Waals surface area (Å²) in [6.07, 6.45) is 2.65. The molecule has 2 fully saturated rings. The van der Waals surface area contributed by atoms with Crippen LogP contribution in [0.1, 0.15) is 57.6 Å². The van der Waals surface area contributed by atoms with Gasteiger partial charge in [0.2, 0.25) is 0 Å². The first-order valence-electron chi connectivity index (χ1n) is 7.26. The van der Waals surface area contributed by atoms with Crippen LogP contribution in [0.4, 0.5) is 0 Å². The van der Waals surface area contributed by atoms with Crippen LogP contribution in [0.5, 0.6) is 0 Å². The van der Waals surface area contributed by atoms with E-state index in [-0.39, 0.29) is 18.3 Å². The standard InChI is InChI=1S/C16H23BO2/c1-11-6-9-13(10-14(11)12-7-8-12)17-18-15(2,3)16(4,5)19-17/h6,9-10,12H,7-8H2,1-5H3. The van der Waals surface area contributed by atoms with E-state index in [9.17, 15) is 0 Å². The van der Waals surface area contributed by atoms with Crippen molar-refractivity contribution in [2.24, 2.45) is 0 Å². The third-order valence-corrected chi connectivity index (χ3v) is 4.85. The van der Waals surface area contributed by atoms with Crippen molar-refractivity contribution in [3.05, 3.63) is 29.3 Å². The van der Waals surface area contributed by atoms with Crippen LogP contribution in [0.25, 0.3) is 0 Å². The summed E-state index contributed by atoms with van der Waals surface area (Å²) in [5.74, 6) is 0.766. The largest absolute Gasteiger partial charge is 0.494 e. The zero-order valence-electron chi connectivity index (χ0n) is 12.6. The fourth-order valence-electron chi connectivity index (χ4n) is 2.62. The van der Waals surface area contributed by atoms with Gasteiger partial charge in [-0.05, 0) is 70.0 Å². The van der Waals surface area contributed by atoms with Gasteiger partial charge in [0.1, 0.15) is 0 Å². The molecule has 2 nitrogen and oxygen atoms in total. The van der Waals surface area contributed by atoms with Crippen LogP contribution in [0.2, 0.25) is 0 Å². The van der Waals surface area contributed by atoms with E-state index in [1.54, 1.807) is 0 Å². The van der Waals surface area contributed by atoms with Crippen molar-refractivity contribution in [1.29, 1.82) is 0 Å². The monoisotopic (exact) mass is 258 g/mol. The maximum atomic E-state index is 6.12. The normalized spacial score (nSPS) is 24.8. The van der Waals surface area contributed by atoms with E-state index in [4.69, 9.17) is 9.31 Å². The molecule has 3 rings (SSSR count). The summed E-state index contributed by atoms with van der Waals surface area (Å²) in [7, 11) is -0.233. The molecule has 1 saturated carbocycles. The average molecular weight is 258 g/mol. The van der Waals surface area contributed by atoms with Crippen molar-refractivity contribution in [1.82, 2.24) is 0 Å². The molecule has 1 aromatic rings. The number of hydrogen-bond donors (Lipinski definition) is 0. The molecule has 0 atom stereocenters. The molecule has 1 aliphatic carbocycles. The molecule has 0 bridgehead atoms. The van der Waals surface area contributed by atoms with Crippen LogP contribution in [-0.4, -0.2) is 18.3 Å². The molecule has 1 aliphatic heterocycles. The maximum absolute atomic E-state index is 6.12. The molecule has 0 aromatic heterocycles. The molecule has 0 N–H and O–H groups in total. The Morgan fingerprint density at radius 3 is 2.16 bits per heavy atom. The number of benzene rings is 1. The predicted molar refractivity (Wildman–Crippen MR) is 78.9 cm³/mol. The summed E-state index contributed by atoms with van der Waals surface area (Å²) in [4.78, 5) is 0. The Balaban J connectivity index is 1.90. The summed E-state index contributed by atoms with van der Waals surface area (Å²) in [6.45, 7) is 10.6. The molecule has 0 radical (unpaired) electrons. The van der Waals surface area contributed by atoms with Crippen LogP contribution in [0.3, 0.4) is 0 Å². The van der Waals surface area contributed by atoms with Gasteiger partial charge in [-0.15, -0.1) is 0 Å². The number of hydrogen-bond acceptors (Lipinski definition) is 2. The quantitative estimate of drug-likeness (QED) is 0.758. The molecule has 3 heteroatoms. The summed E-state index contributed by atoms with van der Waals surface area (Å²) < 4.78 is 12.2. The highest BCUT2D eigenvalue weighted by Crippen LogP contribution is 2.42. The highest BCUT2D eigenvalue weighted by Gasteiger charge is 2.51. The molecule has 0 spiro atoms. The fourth-order valence-corrected chi connectivity index (χ4v) is 2.62. The van der Waals surface area contributed by atoms with Gasteiger partial charge < -0.3 is 9.31 Å². The Morgan fingerprint density at radius 2 is 1.63 bits per heavy atom. The van der Waals surface area contributed by atoms with Gasteiger partial charge >= 0.3 is 7.12 Å². The second-order valence-corrected chi connectivity index (χ2v) is 6.98. The molecule has 2 aliphatic rings. The van der Waals surface area contributed by atoms with E-state index < -0.39 is 0 Å². The first kappa shape index (κ1) is 13.2. The number of rotatable bonds is 2. The first-order valence-corrected chi connectivity index (χ1v) is 7.26. The molecule has 0 unspecified atom stereocenters. The lowest BCUT2D eigenvalue weighted by molar-refractivity contribution is 0.00578. The summed E-state index contributed by atoms with van der Waals surface area (Å²) in [5.41, 5.74) is 3.51. The van der Waals surface area contributed by atoms with Gasteiger partial charge in [0.25, 0.3) is 0 Å². The lowest BCUT2D eigenvalue weighted by Crippen LogP contribution is -2.41. The Kier molecular flexibility index (Phi) is 2.85. The third-order valence-electron chi connectivity index (χ3n) is 4.85. The van der Waals surface area contributed by atoms with Gasteiger partial charge in [0, 0.05) is 0 Å². The Bertz CT molecular complexity index is 487. The highest BCUT2D eigenvalue weighted by molar-refractivity contribution is 6.62. The van der Waals surface area contributed by atoms with Crippen molar-refractivity contribution in [3.8, 4) is 0 Å². The summed E-state index contributed by atoms with van der Waals surface area (Å²) in [6, 6.07) is 6.63. The van der Waals surface area contributed by atoms with Crippen molar-refractivity contribution in [2.75, 3.05) is 0 Å². The van der Waals surface area contributed by atoms with E-state index in [0.717, 1.165) is 11.4 Å². The molecule has 1 aromatic carbocycles. The smallest absolute Gasteiger partial charge is 0.399 e. The second-order valence-electron chi connectivity index (χ2n) is 6.98. The molecule has 0 amide bonds. The van der Waals surface area contributed by atoms with Gasteiger partial charge in [-0.3, -0.25) is 0 Å². The van der Waals surface area contributed by atoms with E-state index in [1.165, 1.54) is 24.0 Å². The Morgan fingerprint density at radius 1 is 1.05 bits per heavy atom. The van der Waals surface area contributed by atoms with E-state index in [0.29, 0.717) is 0 Å². The first-order chi connectivity index (χ1) is 8.80. The Labute approximate surface area is 116 Å². The molecular weight excluding hydrogens is 235 g/mol. The van der Waals surface area contributed by atoms with Crippen molar-refractivity contribution in [2.45, 2.75) is 64.6 Å². The topological polar surface area (TPSA) is 18.5 Å². The minimum atomic E-state index is -0.262. The van der Waals surface area contributed by atoms with Crippen molar-refractivity contribution >= 4 is 12.6 Å². The van der Waals surface area contributed by atoms with Crippen LogP contribution >= 0.6 is 0 Å². The molecule has 1 saturated heterocycles. The SMILES string of the molecule is Cc1ccc(B2OC(C)(C)C(C)(C)O2)cc1C1CC1. The maximum Gasteiger partial charge on any atom is 0.494 e. The molecular formula is C16H23BO2. The lowest BCUT2D eigenvalue weighted by atomic mass is 9.77. The Hall–Kier alpha value is -0.795. The highest BCUT2D eigenvalue weighted by atomic mass is 16.7. The predicted octanol–water partition coefficient (Wildman–Crippen LogP) is 3.17. The fraction of sp³-hybridized carbons (Fsp3) is 0.625. The van der Waals surface area contributed by atoms with E-state index in [1.807, 2.05) is 0 Å². The van der Waals surface area contributed by atoms with Crippen molar-refractivity contribution in [3.63, 3.8) is 0 Å². The zero-order valence-corrected chi connectivity index (χ0v) is 12.6. The van der Waals surface area contributed by atoms with E-state index in [2.05, 4.69) is 52.8 Å². The minimum Gasteiger partial charge on any atom is -0.399 e. The molecule has 1 heterocycles. The van der Waals surface area contributed by atoms with Crippen LogP contribution in [0.15, 0.2) is 18.2 Å². The lowest BCUT2D eigenvalue weighted by Gasteiger charge is -2.32. The molecule has 19 heavy (non-hydrogen) atoms. The average Bonchev–Trinajstić information content (AvgIpc) is 3.08. The van der Waals surface area contributed by atoms with Crippen LogP contribution < -0.4 is 5.46 Å². The van der Waals surface area contributed by atoms with Gasteiger partial charge in [-0.25, -0.2) is 0 Å². The van der Waals surface area contributed by atoms with Crippen LogP contribution in [-0.2, 0) is 9.31 Å². The third kappa shape index (κ3) is 2.23.